The van der Waals surface area contributed by atoms with Crippen molar-refractivity contribution in [2.24, 2.45) is 4.99 Å². The molecule has 4 rings (SSSR count). The summed E-state index contributed by atoms with van der Waals surface area (Å²) in [4.78, 5) is 42.4. The summed E-state index contributed by atoms with van der Waals surface area (Å²) < 4.78 is 0. The molecule has 1 heterocycles. The third-order valence-electron chi connectivity index (χ3n) is 5.01. The SMILES string of the molecule is CN1C(=O)[C@@H](NC(=O)Nc2ccccc2[N+](=O)[O-])N=C(c2ccccc2)c2ccccc21. The fraction of sp³-hybridized carbons (Fsp3) is 0.0870. The first-order valence-corrected chi connectivity index (χ1v) is 9.77. The number of urea groups is 1. The molecule has 3 amide bonds. The minimum atomic E-state index is -1.23. The zero-order valence-corrected chi connectivity index (χ0v) is 17.1. The van der Waals surface area contributed by atoms with E-state index in [0.29, 0.717) is 11.4 Å². The van der Waals surface area contributed by atoms with Gasteiger partial charge in [-0.3, -0.25) is 14.9 Å². The molecule has 32 heavy (non-hydrogen) atoms. The van der Waals surface area contributed by atoms with Crippen molar-refractivity contribution in [3.8, 4) is 0 Å². The Morgan fingerprint density at radius 2 is 1.66 bits per heavy atom. The molecule has 3 aromatic carbocycles. The van der Waals surface area contributed by atoms with E-state index in [2.05, 4.69) is 15.6 Å². The van der Waals surface area contributed by atoms with E-state index < -0.39 is 23.0 Å². The number of hydrogen-bond acceptors (Lipinski definition) is 5. The van der Waals surface area contributed by atoms with Crippen molar-refractivity contribution >= 4 is 34.7 Å². The number of carbonyl (C=O) groups excluding carboxylic acids is 2. The van der Waals surface area contributed by atoms with Crippen molar-refractivity contribution in [1.29, 1.82) is 0 Å². The number of nitro groups is 1. The number of anilines is 2. The third-order valence-corrected chi connectivity index (χ3v) is 5.01. The zero-order chi connectivity index (χ0) is 22.7. The molecule has 9 heteroatoms. The predicted octanol–water partition coefficient (Wildman–Crippen LogP) is 3.56. The number of nitro benzene ring substituents is 1. The lowest BCUT2D eigenvalue weighted by Crippen LogP contribution is -2.47. The quantitative estimate of drug-likeness (QED) is 0.487. The average molecular weight is 429 g/mol. The second-order valence-corrected chi connectivity index (χ2v) is 7.03. The van der Waals surface area contributed by atoms with Crippen LogP contribution in [0.2, 0.25) is 0 Å². The Morgan fingerprint density at radius 1 is 1.00 bits per heavy atom. The van der Waals surface area contributed by atoms with E-state index in [1.54, 1.807) is 13.1 Å². The van der Waals surface area contributed by atoms with E-state index in [-0.39, 0.29) is 11.4 Å². The third kappa shape index (κ3) is 4.04. The Balaban J connectivity index is 1.69. The number of para-hydroxylation sites is 3. The lowest BCUT2D eigenvalue weighted by molar-refractivity contribution is -0.383. The Bertz CT molecular complexity index is 1230. The summed E-state index contributed by atoms with van der Waals surface area (Å²) in [6.45, 7) is 0. The molecule has 3 aromatic rings. The van der Waals surface area contributed by atoms with E-state index in [1.807, 2.05) is 54.6 Å². The lowest BCUT2D eigenvalue weighted by atomic mass is 10.0. The van der Waals surface area contributed by atoms with Gasteiger partial charge in [0.1, 0.15) is 5.69 Å². The maximum absolute atomic E-state index is 13.1. The molecule has 0 radical (unpaired) electrons. The Kier molecular flexibility index (Phi) is 5.63. The average Bonchev–Trinajstić information content (AvgIpc) is 2.90. The van der Waals surface area contributed by atoms with E-state index >= 15 is 0 Å². The highest BCUT2D eigenvalue weighted by Crippen LogP contribution is 2.27. The van der Waals surface area contributed by atoms with Gasteiger partial charge in [0.2, 0.25) is 6.17 Å². The van der Waals surface area contributed by atoms with Crippen LogP contribution in [0.1, 0.15) is 11.1 Å². The van der Waals surface area contributed by atoms with Crippen LogP contribution in [0.25, 0.3) is 0 Å². The number of aliphatic imine (C=N–C) groups is 1. The van der Waals surface area contributed by atoms with Gasteiger partial charge in [0.05, 0.1) is 16.3 Å². The van der Waals surface area contributed by atoms with Gasteiger partial charge in [-0.05, 0) is 12.1 Å². The maximum atomic E-state index is 13.1. The largest absolute Gasteiger partial charge is 0.321 e. The first-order valence-electron chi connectivity index (χ1n) is 9.77. The van der Waals surface area contributed by atoms with Crippen molar-refractivity contribution in [3.63, 3.8) is 0 Å². The van der Waals surface area contributed by atoms with Crippen molar-refractivity contribution < 1.29 is 14.5 Å². The molecule has 9 nitrogen and oxygen atoms in total. The molecule has 0 unspecified atom stereocenters. The van der Waals surface area contributed by atoms with Crippen LogP contribution in [-0.4, -0.2) is 35.8 Å². The Labute approximate surface area is 183 Å². The monoisotopic (exact) mass is 429 g/mol. The van der Waals surface area contributed by atoms with Gasteiger partial charge < -0.3 is 15.5 Å². The van der Waals surface area contributed by atoms with Crippen LogP contribution in [-0.2, 0) is 4.79 Å². The molecule has 160 valence electrons. The number of likely N-dealkylation sites (N-methyl/N-ethyl adjacent to an activating group) is 1. The predicted molar refractivity (Wildman–Crippen MR) is 121 cm³/mol. The highest BCUT2D eigenvalue weighted by molar-refractivity contribution is 6.20. The van der Waals surface area contributed by atoms with Gasteiger partial charge in [-0.25, -0.2) is 9.79 Å². The summed E-state index contributed by atoms with van der Waals surface area (Å²) in [6, 6.07) is 21.7. The molecular formula is C23H19N5O4. The molecule has 1 aliphatic rings. The second kappa shape index (κ2) is 8.68. The number of nitrogens with zero attached hydrogens (tertiary/aromatic N) is 3. The number of nitrogens with one attached hydrogen (secondary N) is 2. The van der Waals surface area contributed by atoms with E-state index in [1.165, 1.54) is 23.1 Å². The molecular weight excluding hydrogens is 410 g/mol. The van der Waals surface area contributed by atoms with Crippen LogP contribution in [0, 0.1) is 10.1 Å². The minimum absolute atomic E-state index is 0.0139. The molecule has 0 fully saturated rings. The van der Waals surface area contributed by atoms with E-state index in [9.17, 15) is 19.7 Å². The van der Waals surface area contributed by atoms with Crippen LogP contribution in [0.3, 0.4) is 0 Å². The molecule has 2 N–H and O–H groups in total. The smallest absolute Gasteiger partial charge is 0.311 e. The number of amides is 3. The lowest BCUT2D eigenvalue weighted by Gasteiger charge is -2.21. The van der Waals surface area contributed by atoms with Crippen LogP contribution in [0.15, 0.2) is 83.9 Å². The summed E-state index contributed by atoms with van der Waals surface area (Å²) in [5.74, 6) is -0.443. The first-order chi connectivity index (χ1) is 15.5. The topological polar surface area (TPSA) is 117 Å². The van der Waals surface area contributed by atoms with Gasteiger partial charge in [0.15, 0.2) is 0 Å². The van der Waals surface area contributed by atoms with Gasteiger partial charge in [-0.15, -0.1) is 0 Å². The summed E-state index contributed by atoms with van der Waals surface area (Å²) in [5, 5.41) is 16.2. The zero-order valence-electron chi connectivity index (χ0n) is 17.1. The summed E-state index contributed by atoms with van der Waals surface area (Å²) in [6.07, 6.45) is -1.23. The van der Waals surface area contributed by atoms with Crippen molar-refractivity contribution in [2.45, 2.75) is 6.17 Å². The molecule has 0 aromatic heterocycles. The van der Waals surface area contributed by atoms with Gasteiger partial charge in [-0.2, -0.15) is 0 Å². The number of fused-ring (bicyclic) bond motifs is 1. The van der Waals surface area contributed by atoms with Crippen LogP contribution in [0.5, 0.6) is 0 Å². The second-order valence-electron chi connectivity index (χ2n) is 7.03. The molecule has 0 spiro atoms. The first kappa shape index (κ1) is 20.7. The van der Waals surface area contributed by atoms with Crippen molar-refractivity contribution in [2.75, 3.05) is 17.3 Å². The van der Waals surface area contributed by atoms with E-state index in [4.69, 9.17) is 0 Å². The number of hydrogen-bond donors (Lipinski definition) is 2. The molecule has 0 bridgehead atoms. The number of benzodiazepines with no additional fused rings is 1. The van der Waals surface area contributed by atoms with Crippen molar-refractivity contribution in [3.05, 3.63) is 100 Å². The Morgan fingerprint density at radius 3 is 2.41 bits per heavy atom. The summed E-state index contributed by atoms with van der Waals surface area (Å²) >= 11 is 0. The normalized spacial score (nSPS) is 15.3. The Hall–Kier alpha value is -4.53. The number of carbonyl (C=O) groups is 2. The number of benzene rings is 3. The highest BCUT2D eigenvalue weighted by Gasteiger charge is 2.31. The van der Waals surface area contributed by atoms with Gasteiger partial charge in [-0.1, -0.05) is 60.7 Å². The van der Waals surface area contributed by atoms with Crippen LogP contribution in [0.4, 0.5) is 21.9 Å². The summed E-state index contributed by atoms with van der Waals surface area (Å²) in [5.41, 5.74) is 2.50. The minimum Gasteiger partial charge on any atom is -0.311 e. The standard InChI is InChI=1S/C23H19N5O4/c1-27-18-13-7-5-11-16(18)20(15-9-3-2-4-10-15)25-21(22(27)29)26-23(30)24-17-12-6-8-14-19(17)28(31)32/h2-14,21H,1H3,(H2,24,26,30)/t21-/m1/s1. The van der Waals surface area contributed by atoms with E-state index in [0.717, 1.165) is 11.1 Å². The van der Waals surface area contributed by atoms with Gasteiger partial charge >= 0.3 is 6.03 Å². The molecule has 0 saturated heterocycles. The van der Waals surface area contributed by atoms with Crippen molar-refractivity contribution in [1.82, 2.24) is 5.32 Å². The molecule has 1 atom stereocenters. The fourth-order valence-electron chi connectivity index (χ4n) is 3.46. The van der Waals surface area contributed by atoms with Crippen LogP contribution < -0.4 is 15.5 Å². The maximum Gasteiger partial charge on any atom is 0.321 e. The molecule has 0 saturated carbocycles. The molecule has 0 aliphatic carbocycles. The number of rotatable bonds is 4. The van der Waals surface area contributed by atoms with Crippen LogP contribution >= 0.6 is 0 Å². The van der Waals surface area contributed by atoms with Gasteiger partial charge in [0, 0.05) is 24.2 Å². The van der Waals surface area contributed by atoms with Gasteiger partial charge in [0.25, 0.3) is 11.6 Å². The fourth-order valence-corrected chi connectivity index (χ4v) is 3.46. The summed E-state index contributed by atoms with van der Waals surface area (Å²) in [7, 11) is 1.61. The highest BCUT2D eigenvalue weighted by atomic mass is 16.6. The molecule has 1 aliphatic heterocycles.